The molecule has 0 radical (unpaired) electrons. The molecule has 0 spiro atoms. The second kappa shape index (κ2) is 7.45. The predicted octanol–water partition coefficient (Wildman–Crippen LogP) is 2.22. The molecule has 1 aliphatic rings. The molecule has 0 bridgehead atoms. The van der Waals surface area contributed by atoms with Gasteiger partial charge in [-0.1, -0.05) is 24.3 Å². The van der Waals surface area contributed by atoms with Crippen LogP contribution in [0.15, 0.2) is 30.3 Å². The average Bonchev–Trinajstić information content (AvgIpc) is 2.95. The minimum absolute atomic E-state index is 0.0486. The fourth-order valence-corrected chi connectivity index (χ4v) is 3.39. The van der Waals surface area contributed by atoms with E-state index < -0.39 is 0 Å². The van der Waals surface area contributed by atoms with Crippen LogP contribution in [-0.2, 0) is 9.59 Å². The molecule has 1 atom stereocenters. The van der Waals surface area contributed by atoms with Gasteiger partial charge in [0.15, 0.2) is 0 Å². The molecule has 2 rings (SSSR count). The minimum Gasteiger partial charge on any atom is -0.347 e. The molecular weight excluding hydrogens is 303 g/mol. The summed E-state index contributed by atoms with van der Waals surface area (Å²) in [6, 6.07) is 5.80. The number of benzene rings is 1. The average molecular weight is 322 g/mol. The van der Waals surface area contributed by atoms with Gasteiger partial charge in [0.1, 0.15) is 11.9 Å². The highest BCUT2D eigenvalue weighted by Crippen LogP contribution is 2.23. The van der Waals surface area contributed by atoms with Crippen LogP contribution in [0, 0.1) is 5.82 Å². The first-order chi connectivity index (χ1) is 10.5. The van der Waals surface area contributed by atoms with Crippen LogP contribution in [0.1, 0.15) is 12.0 Å². The lowest BCUT2D eigenvalue weighted by Crippen LogP contribution is -2.46. The lowest BCUT2D eigenvalue weighted by molar-refractivity contribution is -0.141. The summed E-state index contributed by atoms with van der Waals surface area (Å²) < 4.78 is 13.1. The third kappa shape index (κ3) is 4.10. The first kappa shape index (κ1) is 16.5. The van der Waals surface area contributed by atoms with E-state index in [0.717, 1.165) is 0 Å². The second-order valence-corrected chi connectivity index (χ2v) is 6.27. The number of hydrogen-bond donors (Lipinski definition) is 0. The monoisotopic (exact) mass is 322 g/mol. The molecule has 1 aromatic carbocycles. The number of rotatable bonds is 4. The van der Waals surface area contributed by atoms with Crippen molar-refractivity contribution in [2.75, 3.05) is 25.7 Å². The summed E-state index contributed by atoms with van der Waals surface area (Å²) >= 11 is 1.58. The van der Waals surface area contributed by atoms with E-state index in [4.69, 9.17) is 0 Å². The molecule has 118 valence electrons. The van der Waals surface area contributed by atoms with Gasteiger partial charge in [0, 0.05) is 26.3 Å². The van der Waals surface area contributed by atoms with Crippen molar-refractivity contribution in [1.82, 2.24) is 9.80 Å². The van der Waals surface area contributed by atoms with Gasteiger partial charge in [0.05, 0.1) is 5.88 Å². The highest BCUT2D eigenvalue weighted by Gasteiger charge is 2.34. The van der Waals surface area contributed by atoms with Gasteiger partial charge in [-0.05, 0) is 17.7 Å². The summed E-state index contributed by atoms with van der Waals surface area (Å²) in [7, 11) is 3.38. The molecule has 22 heavy (non-hydrogen) atoms. The molecule has 4 nitrogen and oxygen atoms in total. The van der Waals surface area contributed by atoms with Crippen molar-refractivity contribution in [3.8, 4) is 0 Å². The Labute approximate surface area is 134 Å². The number of amides is 2. The van der Waals surface area contributed by atoms with Crippen molar-refractivity contribution >= 4 is 29.7 Å². The van der Waals surface area contributed by atoms with Gasteiger partial charge >= 0.3 is 0 Å². The Hall–Kier alpha value is -1.82. The van der Waals surface area contributed by atoms with E-state index in [2.05, 4.69) is 0 Å². The molecule has 0 aromatic heterocycles. The van der Waals surface area contributed by atoms with Gasteiger partial charge in [-0.15, -0.1) is 11.8 Å². The molecule has 2 amide bonds. The van der Waals surface area contributed by atoms with Crippen molar-refractivity contribution in [2.24, 2.45) is 0 Å². The van der Waals surface area contributed by atoms with Crippen LogP contribution in [0.4, 0.5) is 4.39 Å². The third-order valence-corrected chi connectivity index (χ3v) is 4.39. The van der Waals surface area contributed by atoms with Crippen LogP contribution in [-0.4, -0.2) is 53.4 Å². The number of hydrogen-bond acceptors (Lipinski definition) is 3. The Balaban J connectivity index is 1.95. The number of thioether (sulfide) groups is 1. The summed E-state index contributed by atoms with van der Waals surface area (Å²) in [4.78, 5) is 27.4. The lowest BCUT2D eigenvalue weighted by Gasteiger charge is -2.25. The quantitative estimate of drug-likeness (QED) is 0.853. The van der Waals surface area contributed by atoms with Crippen LogP contribution in [0.2, 0.25) is 0 Å². The first-order valence-corrected chi connectivity index (χ1v) is 8.15. The van der Waals surface area contributed by atoms with Crippen LogP contribution in [0.25, 0.3) is 6.08 Å². The normalized spacial score (nSPS) is 18.0. The van der Waals surface area contributed by atoms with Crippen molar-refractivity contribution < 1.29 is 14.0 Å². The van der Waals surface area contributed by atoms with Gasteiger partial charge in [-0.2, -0.15) is 0 Å². The van der Waals surface area contributed by atoms with Crippen molar-refractivity contribution in [3.63, 3.8) is 0 Å². The molecule has 1 aliphatic heterocycles. The van der Waals surface area contributed by atoms with E-state index in [1.165, 1.54) is 17.0 Å². The van der Waals surface area contributed by atoms with Crippen LogP contribution < -0.4 is 0 Å². The fourth-order valence-electron chi connectivity index (χ4n) is 2.21. The molecule has 1 fully saturated rings. The van der Waals surface area contributed by atoms with Gasteiger partial charge in [-0.3, -0.25) is 9.59 Å². The maximum atomic E-state index is 13.1. The Morgan fingerprint density at radius 3 is 2.91 bits per heavy atom. The van der Waals surface area contributed by atoms with E-state index in [0.29, 0.717) is 17.2 Å². The number of halogens is 1. The summed E-state index contributed by atoms with van der Waals surface area (Å²) in [5.41, 5.74) is 0.713. The zero-order chi connectivity index (χ0) is 16.1. The van der Waals surface area contributed by atoms with E-state index in [1.54, 1.807) is 55.0 Å². The smallest absolute Gasteiger partial charge is 0.245 e. The predicted molar refractivity (Wildman–Crippen MR) is 86.7 cm³/mol. The summed E-state index contributed by atoms with van der Waals surface area (Å²) in [6.07, 6.45) is 3.62. The second-order valence-electron chi connectivity index (χ2n) is 5.27. The van der Waals surface area contributed by atoms with Gasteiger partial charge in [-0.25, -0.2) is 4.39 Å². The third-order valence-electron chi connectivity index (χ3n) is 3.38. The first-order valence-electron chi connectivity index (χ1n) is 6.99. The SMILES string of the molecule is CN(C)C(=O)[C@@H]1CSCN1C(=O)C/C=C/c1cccc(F)c1. The van der Waals surface area contributed by atoms with Crippen molar-refractivity contribution in [2.45, 2.75) is 12.5 Å². The summed E-state index contributed by atoms with van der Waals surface area (Å²) in [5.74, 6) is 0.735. The highest BCUT2D eigenvalue weighted by atomic mass is 32.2. The van der Waals surface area contributed by atoms with E-state index >= 15 is 0 Å². The van der Waals surface area contributed by atoms with Crippen LogP contribution in [0.5, 0.6) is 0 Å². The standard InChI is InChI=1S/C16H19FN2O2S/c1-18(2)16(21)14-10-22-11-19(14)15(20)8-4-6-12-5-3-7-13(17)9-12/h3-7,9,14H,8,10-11H2,1-2H3/b6-4+/t14-/m0/s1. The van der Waals surface area contributed by atoms with Crippen LogP contribution in [0.3, 0.4) is 0 Å². The van der Waals surface area contributed by atoms with Crippen molar-refractivity contribution in [3.05, 3.63) is 41.7 Å². The number of carbonyl (C=O) groups is 2. The Morgan fingerprint density at radius 1 is 1.45 bits per heavy atom. The molecule has 0 N–H and O–H groups in total. The number of likely N-dealkylation sites (N-methyl/N-ethyl adjacent to an activating group) is 1. The Bertz CT molecular complexity index is 589. The maximum Gasteiger partial charge on any atom is 0.245 e. The number of carbonyl (C=O) groups excluding carboxylic acids is 2. The molecule has 6 heteroatoms. The molecule has 0 saturated carbocycles. The van der Waals surface area contributed by atoms with Gasteiger partial charge < -0.3 is 9.80 Å². The van der Waals surface area contributed by atoms with E-state index in [-0.39, 0.29) is 30.1 Å². The topological polar surface area (TPSA) is 40.6 Å². The lowest BCUT2D eigenvalue weighted by atomic mass is 10.2. The fraction of sp³-hybridized carbons (Fsp3) is 0.375. The molecule has 0 aliphatic carbocycles. The minimum atomic E-state index is -0.380. The summed E-state index contributed by atoms with van der Waals surface area (Å²) in [6.45, 7) is 0. The maximum absolute atomic E-state index is 13.1. The molecule has 1 heterocycles. The largest absolute Gasteiger partial charge is 0.347 e. The molecular formula is C16H19FN2O2S. The van der Waals surface area contributed by atoms with E-state index in [1.807, 2.05) is 0 Å². The van der Waals surface area contributed by atoms with Crippen LogP contribution >= 0.6 is 11.8 Å². The zero-order valence-corrected chi connectivity index (χ0v) is 13.5. The zero-order valence-electron chi connectivity index (χ0n) is 12.7. The van der Waals surface area contributed by atoms with Crippen molar-refractivity contribution in [1.29, 1.82) is 0 Å². The molecule has 1 aromatic rings. The Kier molecular flexibility index (Phi) is 5.60. The molecule has 1 saturated heterocycles. The van der Waals surface area contributed by atoms with Gasteiger partial charge in [0.25, 0.3) is 0 Å². The van der Waals surface area contributed by atoms with E-state index in [9.17, 15) is 14.0 Å². The molecule has 0 unspecified atom stereocenters. The summed E-state index contributed by atoms with van der Waals surface area (Å²) in [5, 5.41) is 0. The number of nitrogens with zero attached hydrogens (tertiary/aromatic N) is 2. The Morgan fingerprint density at radius 2 is 2.23 bits per heavy atom. The van der Waals surface area contributed by atoms with Gasteiger partial charge in [0.2, 0.25) is 11.8 Å². The highest BCUT2D eigenvalue weighted by molar-refractivity contribution is 7.99.